The lowest BCUT2D eigenvalue weighted by Crippen LogP contribution is -2.69. The third-order valence-electron chi connectivity index (χ3n) is 6.01. The van der Waals surface area contributed by atoms with Gasteiger partial charge in [-0.25, -0.2) is 0 Å². The summed E-state index contributed by atoms with van der Waals surface area (Å²) in [4.78, 5) is 0. The van der Waals surface area contributed by atoms with Crippen molar-refractivity contribution < 1.29 is 29.5 Å². The van der Waals surface area contributed by atoms with E-state index in [1.165, 1.54) is 18.2 Å². The Labute approximate surface area is 148 Å². The van der Waals surface area contributed by atoms with Gasteiger partial charge in [0.25, 0.3) is 0 Å². The highest BCUT2D eigenvalue weighted by atomic mass is 16.8. The highest BCUT2D eigenvalue weighted by Gasteiger charge is 2.91. The first-order valence-corrected chi connectivity index (χ1v) is 8.56. The van der Waals surface area contributed by atoms with Gasteiger partial charge in [0.15, 0.2) is 5.60 Å². The molecule has 4 aliphatic rings. The average Bonchev–Trinajstić information content (AvgIpc) is 3.39. The molecule has 0 amide bonds. The lowest BCUT2D eigenvalue weighted by atomic mass is 9.68. The van der Waals surface area contributed by atoms with Crippen LogP contribution in [0.4, 0.5) is 0 Å². The van der Waals surface area contributed by atoms with E-state index in [1.54, 1.807) is 6.08 Å². The standard InChI is InChI=1S/C20H16O6/c21-14-7-8-16(23)20-18(10-9-15(22)19(14,20)26-20)24-12-5-1-3-11-4-2-6-13(25-18)17(11)12/h1-10,14-16,21-23H/t14-,15+,16+,19-,20+/m1/s1. The number of rotatable bonds is 0. The SMILES string of the molecule is O[C@@H]1C=C[C@H](O)[C@@]23O[C@@]12[C@@H](O)C=CC31Oc2cccc3cccc(c23)O1. The van der Waals surface area contributed by atoms with Gasteiger partial charge in [-0.1, -0.05) is 36.4 Å². The second-order valence-corrected chi connectivity index (χ2v) is 7.19. The zero-order chi connectivity index (χ0) is 17.7. The largest absolute Gasteiger partial charge is 0.445 e. The van der Waals surface area contributed by atoms with E-state index in [0.717, 1.165) is 10.8 Å². The van der Waals surface area contributed by atoms with Gasteiger partial charge in [0.05, 0.1) is 5.39 Å². The second-order valence-electron chi connectivity index (χ2n) is 7.19. The van der Waals surface area contributed by atoms with Crippen LogP contribution >= 0.6 is 0 Å². The summed E-state index contributed by atoms with van der Waals surface area (Å²) in [6.45, 7) is 0. The van der Waals surface area contributed by atoms with E-state index < -0.39 is 35.3 Å². The van der Waals surface area contributed by atoms with Crippen LogP contribution in [0.3, 0.4) is 0 Å². The van der Waals surface area contributed by atoms with Crippen molar-refractivity contribution in [2.45, 2.75) is 35.3 Å². The first kappa shape index (κ1) is 14.8. The molecule has 132 valence electrons. The Morgan fingerprint density at radius 1 is 0.769 bits per heavy atom. The van der Waals surface area contributed by atoms with Crippen molar-refractivity contribution in [1.29, 1.82) is 0 Å². The fourth-order valence-electron chi connectivity index (χ4n) is 4.80. The fourth-order valence-corrected chi connectivity index (χ4v) is 4.80. The van der Waals surface area contributed by atoms with Crippen molar-refractivity contribution >= 4 is 10.8 Å². The third-order valence-corrected chi connectivity index (χ3v) is 6.01. The molecule has 2 aromatic rings. The molecule has 2 heterocycles. The maximum atomic E-state index is 10.8. The Morgan fingerprint density at radius 2 is 1.38 bits per heavy atom. The Hall–Kier alpha value is -2.38. The summed E-state index contributed by atoms with van der Waals surface area (Å²) in [5, 5.41) is 33.6. The summed E-state index contributed by atoms with van der Waals surface area (Å²) in [5.41, 5.74) is -2.85. The molecule has 5 atom stereocenters. The van der Waals surface area contributed by atoms with Gasteiger partial charge in [0.1, 0.15) is 29.8 Å². The first-order valence-electron chi connectivity index (χ1n) is 8.56. The molecule has 2 aliphatic heterocycles. The predicted octanol–water partition coefficient (Wildman–Crippen LogP) is 1.04. The van der Waals surface area contributed by atoms with Crippen molar-refractivity contribution in [1.82, 2.24) is 0 Å². The normalized spacial score (nSPS) is 40.5. The maximum Gasteiger partial charge on any atom is 0.306 e. The summed E-state index contributed by atoms with van der Waals surface area (Å²) in [6.07, 6.45) is 2.66. The molecule has 0 unspecified atom stereocenters. The van der Waals surface area contributed by atoms with Crippen LogP contribution in [0, 0.1) is 0 Å². The highest BCUT2D eigenvalue weighted by molar-refractivity contribution is 5.94. The molecule has 6 rings (SSSR count). The number of benzene rings is 2. The number of hydrogen-bond acceptors (Lipinski definition) is 6. The summed E-state index contributed by atoms with van der Waals surface area (Å²) in [7, 11) is 0. The van der Waals surface area contributed by atoms with Gasteiger partial charge in [0.2, 0.25) is 5.60 Å². The molecular formula is C20H16O6. The van der Waals surface area contributed by atoms with Gasteiger partial charge in [-0.3, -0.25) is 0 Å². The molecule has 3 N–H and O–H groups in total. The monoisotopic (exact) mass is 352 g/mol. The molecule has 26 heavy (non-hydrogen) atoms. The van der Waals surface area contributed by atoms with Gasteiger partial charge in [-0.2, -0.15) is 0 Å². The van der Waals surface area contributed by atoms with E-state index in [4.69, 9.17) is 14.2 Å². The van der Waals surface area contributed by atoms with Crippen molar-refractivity contribution in [3.05, 3.63) is 60.7 Å². The third kappa shape index (κ3) is 1.35. The van der Waals surface area contributed by atoms with Crippen molar-refractivity contribution in [3.8, 4) is 11.5 Å². The van der Waals surface area contributed by atoms with Crippen LogP contribution in [0.25, 0.3) is 10.8 Å². The second kappa shape index (κ2) is 4.29. The Morgan fingerprint density at radius 3 is 2.08 bits per heavy atom. The zero-order valence-electron chi connectivity index (χ0n) is 13.6. The van der Waals surface area contributed by atoms with Crippen molar-refractivity contribution in [2.75, 3.05) is 0 Å². The molecule has 1 fully saturated rings. The van der Waals surface area contributed by atoms with Gasteiger partial charge >= 0.3 is 5.79 Å². The molecule has 2 aromatic carbocycles. The van der Waals surface area contributed by atoms with Crippen LogP contribution in [0.15, 0.2) is 60.7 Å². The van der Waals surface area contributed by atoms with Crippen LogP contribution in [0.5, 0.6) is 11.5 Å². The smallest absolute Gasteiger partial charge is 0.306 e. The molecular weight excluding hydrogens is 336 g/mol. The van der Waals surface area contributed by atoms with Crippen LogP contribution < -0.4 is 9.47 Å². The van der Waals surface area contributed by atoms with E-state index in [-0.39, 0.29) is 0 Å². The number of hydrogen-bond donors (Lipinski definition) is 3. The highest BCUT2D eigenvalue weighted by Crippen LogP contribution is 2.67. The quantitative estimate of drug-likeness (QED) is 0.485. The summed E-state index contributed by atoms with van der Waals surface area (Å²) >= 11 is 0. The first-order chi connectivity index (χ1) is 12.5. The molecule has 6 heteroatoms. The molecule has 1 spiro atoms. The van der Waals surface area contributed by atoms with Gasteiger partial charge in [-0.15, -0.1) is 0 Å². The molecule has 0 bridgehead atoms. The van der Waals surface area contributed by atoms with Crippen molar-refractivity contribution in [2.24, 2.45) is 0 Å². The minimum Gasteiger partial charge on any atom is -0.445 e. The molecule has 0 aromatic heterocycles. The summed E-state index contributed by atoms with van der Waals surface area (Å²) in [6, 6.07) is 11.4. The van der Waals surface area contributed by atoms with E-state index in [0.29, 0.717) is 11.5 Å². The summed E-state index contributed by atoms with van der Waals surface area (Å²) in [5.74, 6) is -0.305. The number of aliphatic hydroxyl groups is 3. The van der Waals surface area contributed by atoms with E-state index >= 15 is 0 Å². The van der Waals surface area contributed by atoms with Crippen LogP contribution in [-0.4, -0.2) is 50.6 Å². The van der Waals surface area contributed by atoms with E-state index in [1.807, 2.05) is 36.4 Å². The number of epoxide rings is 1. The lowest BCUT2D eigenvalue weighted by Gasteiger charge is -2.46. The maximum absolute atomic E-state index is 10.8. The topological polar surface area (TPSA) is 91.7 Å². The van der Waals surface area contributed by atoms with E-state index in [9.17, 15) is 15.3 Å². The van der Waals surface area contributed by atoms with Gasteiger partial charge in [0, 0.05) is 6.08 Å². The van der Waals surface area contributed by atoms with E-state index in [2.05, 4.69) is 0 Å². The molecule has 1 saturated heterocycles. The Kier molecular flexibility index (Phi) is 2.44. The minimum atomic E-state index is -1.50. The van der Waals surface area contributed by atoms with Crippen molar-refractivity contribution in [3.63, 3.8) is 0 Å². The zero-order valence-corrected chi connectivity index (χ0v) is 13.6. The van der Waals surface area contributed by atoms with Gasteiger partial charge in [-0.05, 0) is 23.6 Å². The average molecular weight is 352 g/mol. The number of aliphatic hydroxyl groups excluding tert-OH is 3. The molecule has 6 nitrogen and oxygen atoms in total. The predicted molar refractivity (Wildman–Crippen MR) is 90.8 cm³/mol. The van der Waals surface area contributed by atoms with Crippen LogP contribution in [-0.2, 0) is 4.74 Å². The Balaban J connectivity index is 1.60. The molecule has 2 aliphatic carbocycles. The minimum absolute atomic E-state index is 0.598. The lowest BCUT2D eigenvalue weighted by molar-refractivity contribution is -0.162. The fraction of sp³-hybridized carbons (Fsp3) is 0.300. The van der Waals surface area contributed by atoms with Crippen LogP contribution in [0.2, 0.25) is 0 Å². The molecule has 0 saturated carbocycles. The number of ether oxygens (including phenoxy) is 3. The van der Waals surface area contributed by atoms with Crippen LogP contribution in [0.1, 0.15) is 0 Å². The van der Waals surface area contributed by atoms with Gasteiger partial charge < -0.3 is 29.5 Å². The molecule has 0 radical (unpaired) electrons. The Bertz CT molecular complexity index is 972. The summed E-state index contributed by atoms with van der Waals surface area (Å²) < 4.78 is 18.4.